The van der Waals surface area contributed by atoms with Crippen LogP contribution in [0.3, 0.4) is 0 Å². The minimum atomic E-state index is -0.460. The van der Waals surface area contributed by atoms with Gasteiger partial charge in [0.05, 0.1) is 34.4 Å². The van der Waals surface area contributed by atoms with Crippen molar-refractivity contribution >= 4 is 33.8 Å². The van der Waals surface area contributed by atoms with E-state index in [-0.39, 0.29) is 11.9 Å². The summed E-state index contributed by atoms with van der Waals surface area (Å²) in [7, 11) is 0. The molecule has 2 aromatic carbocycles. The van der Waals surface area contributed by atoms with E-state index >= 15 is 0 Å². The van der Waals surface area contributed by atoms with Gasteiger partial charge in [-0.1, -0.05) is 0 Å². The first-order valence-corrected chi connectivity index (χ1v) is 11.3. The number of amides is 1. The average molecular weight is 470 g/mol. The fourth-order valence-electron chi connectivity index (χ4n) is 4.73. The molecule has 0 saturated carbocycles. The lowest BCUT2D eigenvalue weighted by molar-refractivity contribution is 0.102. The maximum atomic E-state index is 14.5. The minimum absolute atomic E-state index is 0.285. The zero-order valence-corrected chi connectivity index (χ0v) is 18.5. The molecule has 1 unspecified atom stereocenters. The monoisotopic (exact) mass is 470 g/mol. The summed E-state index contributed by atoms with van der Waals surface area (Å²) < 4.78 is 30.0. The van der Waals surface area contributed by atoms with Crippen LogP contribution in [0.4, 0.5) is 20.2 Å². The van der Waals surface area contributed by atoms with E-state index in [9.17, 15) is 13.6 Å². The number of carbonyl (C=O) groups excluding carboxylic acids is 1. The number of rotatable bonds is 4. The van der Waals surface area contributed by atoms with Crippen molar-refractivity contribution in [1.82, 2.24) is 19.6 Å². The van der Waals surface area contributed by atoms with Gasteiger partial charge < -0.3 is 10.2 Å². The van der Waals surface area contributed by atoms with Crippen molar-refractivity contribution in [1.29, 1.82) is 0 Å². The van der Waals surface area contributed by atoms with Crippen LogP contribution in [0.2, 0.25) is 0 Å². The van der Waals surface area contributed by atoms with E-state index in [1.165, 1.54) is 18.3 Å². The highest BCUT2D eigenvalue weighted by atomic mass is 19.1. The van der Waals surface area contributed by atoms with Gasteiger partial charge in [0, 0.05) is 42.1 Å². The average Bonchev–Trinajstić information content (AvgIpc) is 3.52. The molecule has 1 atom stereocenters. The van der Waals surface area contributed by atoms with Crippen molar-refractivity contribution in [2.24, 2.45) is 0 Å². The van der Waals surface area contributed by atoms with Gasteiger partial charge in [0.15, 0.2) is 0 Å². The van der Waals surface area contributed by atoms with Gasteiger partial charge >= 0.3 is 0 Å². The van der Waals surface area contributed by atoms with E-state index < -0.39 is 11.6 Å². The molecule has 1 saturated heterocycles. The minimum Gasteiger partial charge on any atom is -0.364 e. The van der Waals surface area contributed by atoms with Gasteiger partial charge in [0.1, 0.15) is 11.6 Å². The fraction of sp³-hybridized carbons (Fsp3) is 0.154. The Labute approximate surface area is 199 Å². The van der Waals surface area contributed by atoms with Gasteiger partial charge in [-0.05, 0) is 61.4 Å². The molecular formula is C26H20F2N6O. The first kappa shape index (κ1) is 21.2. The van der Waals surface area contributed by atoms with Crippen molar-refractivity contribution in [3.8, 4) is 0 Å². The summed E-state index contributed by atoms with van der Waals surface area (Å²) in [6, 6.07) is 12.3. The lowest BCUT2D eigenvalue weighted by Crippen LogP contribution is -2.23. The second kappa shape index (κ2) is 8.43. The van der Waals surface area contributed by atoms with E-state index in [2.05, 4.69) is 25.3 Å². The third kappa shape index (κ3) is 3.84. The molecule has 7 nitrogen and oxygen atoms in total. The quantitative estimate of drug-likeness (QED) is 0.393. The Morgan fingerprint density at radius 1 is 1.00 bits per heavy atom. The topological polar surface area (TPSA) is 75.4 Å². The van der Waals surface area contributed by atoms with E-state index in [1.807, 2.05) is 12.1 Å². The van der Waals surface area contributed by atoms with Crippen LogP contribution < -0.4 is 10.2 Å². The summed E-state index contributed by atoms with van der Waals surface area (Å²) in [5.41, 5.74) is 4.19. The van der Waals surface area contributed by atoms with Crippen molar-refractivity contribution < 1.29 is 13.6 Å². The summed E-state index contributed by atoms with van der Waals surface area (Å²) >= 11 is 0. The molecule has 1 amide bonds. The molecule has 1 aliphatic heterocycles. The molecule has 1 N–H and O–H groups in total. The molecule has 5 aromatic rings. The van der Waals surface area contributed by atoms with E-state index in [1.54, 1.807) is 41.3 Å². The first-order chi connectivity index (χ1) is 17.1. The Morgan fingerprint density at radius 3 is 2.74 bits per heavy atom. The SMILES string of the molecule is O=C(Nc1ccc2nccnc2c1)c1cnn2ccc(N3CCCC3c3cc(F)ccc3F)cc12. The number of pyridine rings is 1. The van der Waals surface area contributed by atoms with Crippen LogP contribution in [0.25, 0.3) is 16.6 Å². The molecule has 1 aliphatic rings. The molecule has 1 fully saturated rings. The first-order valence-electron chi connectivity index (χ1n) is 11.3. The highest BCUT2D eigenvalue weighted by Gasteiger charge is 2.29. The lowest BCUT2D eigenvalue weighted by atomic mass is 10.0. The molecule has 0 aliphatic carbocycles. The molecular weight excluding hydrogens is 450 g/mol. The fourth-order valence-corrected chi connectivity index (χ4v) is 4.73. The zero-order valence-electron chi connectivity index (χ0n) is 18.5. The van der Waals surface area contributed by atoms with Crippen LogP contribution >= 0.6 is 0 Å². The van der Waals surface area contributed by atoms with Crippen molar-refractivity contribution in [2.75, 3.05) is 16.8 Å². The Kier molecular flexibility index (Phi) is 5.09. The molecule has 0 radical (unpaired) electrons. The van der Waals surface area contributed by atoms with Gasteiger partial charge in [-0.25, -0.2) is 13.3 Å². The van der Waals surface area contributed by atoms with Crippen molar-refractivity contribution in [3.63, 3.8) is 0 Å². The number of halogens is 2. The number of nitrogens with zero attached hydrogens (tertiary/aromatic N) is 5. The molecule has 4 heterocycles. The second-order valence-electron chi connectivity index (χ2n) is 8.50. The van der Waals surface area contributed by atoms with Crippen LogP contribution in [0.15, 0.2) is 73.3 Å². The van der Waals surface area contributed by atoms with Gasteiger partial charge in [-0.15, -0.1) is 0 Å². The number of aromatic nitrogens is 4. The van der Waals surface area contributed by atoms with Crippen LogP contribution in [0.1, 0.15) is 34.8 Å². The highest BCUT2D eigenvalue weighted by Crippen LogP contribution is 2.38. The lowest BCUT2D eigenvalue weighted by Gasteiger charge is -2.27. The van der Waals surface area contributed by atoms with Gasteiger partial charge in [-0.3, -0.25) is 14.8 Å². The Hall–Kier alpha value is -4.40. The van der Waals surface area contributed by atoms with Gasteiger partial charge in [-0.2, -0.15) is 5.10 Å². The predicted molar refractivity (Wildman–Crippen MR) is 128 cm³/mol. The summed E-state index contributed by atoms with van der Waals surface area (Å²) in [4.78, 5) is 23.7. The molecule has 35 heavy (non-hydrogen) atoms. The highest BCUT2D eigenvalue weighted by molar-refractivity contribution is 6.09. The maximum absolute atomic E-state index is 14.5. The molecule has 0 bridgehead atoms. The second-order valence-corrected chi connectivity index (χ2v) is 8.50. The normalized spacial score (nSPS) is 15.7. The van der Waals surface area contributed by atoms with Crippen molar-refractivity contribution in [3.05, 3.63) is 96.1 Å². The van der Waals surface area contributed by atoms with Crippen LogP contribution in [-0.2, 0) is 0 Å². The summed E-state index contributed by atoms with van der Waals surface area (Å²) in [5.74, 6) is -1.19. The van der Waals surface area contributed by atoms with Crippen LogP contribution in [-0.4, -0.2) is 32.0 Å². The summed E-state index contributed by atoms with van der Waals surface area (Å²) in [6.45, 7) is 0.699. The van der Waals surface area contributed by atoms with Gasteiger partial charge in [0.25, 0.3) is 5.91 Å². The number of benzene rings is 2. The molecule has 9 heteroatoms. The number of hydrogen-bond acceptors (Lipinski definition) is 5. The molecule has 174 valence electrons. The summed E-state index contributed by atoms with van der Waals surface area (Å²) in [6.07, 6.45) is 8.06. The van der Waals surface area contributed by atoms with E-state index in [4.69, 9.17) is 0 Å². The number of fused-ring (bicyclic) bond motifs is 2. The Balaban J connectivity index is 1.32. The number of hydrogen-bond donors (Lipinski definition) is 1. The number of anilines is 2. The van der Waals surface area contributed by atoms with E-state index in [0.29, 0.717) is 40.8 Å². The number of carbonyl (C=O) groups is 1. The maximum Gasteiger partial charge on any atom is 0.259 e. The number of nitrogens with one attached hydrogen (secondary N) is 1. The standard InChI is InChI=1S/C26H20F2N6O/c27-16-3-5-21(28)19(12-16)24-2-1-10-33(24)18-7-11-34-25(14-18)20(15-31-34)26(35)32-17-4-6-22-23(13-17)30-9-8-29-22/h3-9,11-15,24H,1-2,10H2,(H,32,35). The largest absolute Gasteiger partial charge is 0.364 e. The molecule has 0 spiro atoms. The third-order valence-corrected chi connectivity index (χ3v) is 6.38. The third-order valence-electron chi connectivity index (χ3n) is 6.38. The van der Waals surface area contributed by atoms with Crippen molar-refractivity contribution in [2.45, 2.75) is 18.9 Å². The zero-order chi connectivity index (χ0) is 23.9. The smallest absolute Gasteiger partial charge is 0.259 e. The molecule has 3 aromatic heterocycles. The molecule has 6 rings (SSSR count). The summed E-state index contributed by atoms with van der Waals surface area (Å²) in [5, 5.41) is 7.21. The van der Waals surface area contributed by atoms with Gasteiger partial charge in [0.2, 0.25) is 0 Å². The Morgan fingerprint density at radius 2 is 1.86 bits per heavy atom. The van der Waals surface area contributed by atoms with Crippen LogP contribution in [0.5, 0.6) is 0 Å². The van der Waals surface area contributed by atoms with Crippen LogP contribution in [0, 0.1) is 11.6 Å². The predicted octanol–water partition coefficient (Wildman–Crippen LogP) is 5.15. The van der Waals surface area contributed by atoms with E-state index in [0.717, 1.165) is 23.7 Å². The Bertz CT molecular complexity index is 1580.